The van der Waals surface area contributed by atoms with Crippen molar-refractivity contribution in [2.24, 2.45) is 5.16 Å². The number of nitrogen functional groups attached to an aromatic ring is 1. The number of nitrogens with one attached hydrogen (secondary N) is 1. The van der Waals surface area contributed by atoms with Gasteiger partial charge in [-0.1, -0.05) is 11.2 Å². The van der Waals surface area contributed by atoms with Crippen LogP contribution in [0, 0.1) is 6.92 Å². The Kier molecular flexibility index (Phi) is 9.53. The number of allylic oxidation sites excluding steroid dienone is 1. The lowest BCUT2D eigenvalue weighted by atomic mass is 10.0. The highest BCUT2D eigenvalue weighted by Gasteiger charge is 2.54. The second-order valence-electron chi connectivity index (χ2n) is 7.67. The summed E-state index contributed by atoms with van der Waals surface area (Å²) in [5.74, 6) is -4.80. The van der Waals surface area contributed by atoms with Crippen LogP contribution in [0.1, 0.15) is 16.3 Å². The quantitative estimate of drug-likeness (QED) is 0.200. The van der Waals surface area contributed by atoms with Gasteiger partial charge in [0.15, 0.2) is 10.8 Å². The van der Waals surface area contributed by atoms with Gasteiger partial charge >= 0.3 is 18.1 Å². The molecule has 2 atom stereocenters. The molecule has 0 radical (unpaired) electrons. The molecule has 0 aliphatic carbocycles. The molecular formula is C21H19F3N6O7S3. The molecule has 13 nitrogen and oxygen atoms in total. The minimum atomic E-state index is -5.08. The third kappa shape index (κ3) is 6.77. The Morgan fingerprint density at radius 2 is 1.95 bits per heavy atom. The summed E-state index contributed by atoms with van der Waals surface area (Å²) >= 11 is 3.94. The number of fused-ring (bicyclic) bond motifs is 1. The Hall–Kier alpha value is -3.97. The summed E-state index contributed by atoms with van der Waals surface area (Å²) in [6.07, 6.45) is -1.59. The van der Waals surface area contributed by atoms with Crippen molar-refractivity contribution in [1.29, 1.82) is 0 Å². The summed E-state index contributed by atoms with van der Waals surface area (Å²) in [4.78, 5) is 61.6. The summed E-state index contributed by atoms with van der Waals surface area (Å²) in [5.41, 5.74) is 8.68. The Balaban J connectivity index is 0.000000559. The van der Waals surface area contributed by atoms with Crippen molar-refractivity contribution >= 4 is 75.1 Å². The van der Waals surface area contributed by atoms with Crippen LogP contribution < -0.4 is 11.1 Å². The summed E-state index contributed by atoms with van der Waals surface area (Å²) in [5, 5.41) is 24.5. The number of carboxylic acid groups (broad SMARTS) is 2. The van der Waals surface area contributed by atoms with Crippen LogP contribution in [0.15, 0.2) is 33.4 Å². The minimum Gasteiger partial charge on any atom is -0.477 e. The molecule has 40 heavy (non-hydrogen) atoms. The number of anilines is 1. The molecule has 2 aliphatic rings. The van der Waals surface area contributed by atoms with Crippen molar-refractivity contribution in [3.63, 3.8) is 0 Å². The second kappa shape index (κ2) is 12.5. The molecule has 2 amide bonds. The lowest BCUT2D eigenvalue weighted by Gasteiger charge is -2.49. The predicted octanol–water partition coefficient (Wildman–Crippen LogP) is 1.93. The Labute approximate surface area is 235 Å². The zero-order chi connectivity index (χ0) is 29.8. The van der Waals surface area contributed by atoms with Crippen molar-refractivity contribution in [2.75, 3.05) is 18.6 Å². The highest BCUT2D eigenvalue weighted by atomic mass is 32.2. The number of carbonyl (C=O) groups is 4. The van der Waals surface area contributed by atoms with Gasteiger partial charge in [-0.25, -0.2) is 19.6 Å². The molecule has 2 aromatic rings. The Bertz CT molecular complexity index is 1420. The van der Waals surface area contributed by atoms with Gasteiger partial charge in [-0.3, -0.25) is 14.5 Å². The number of aryl methyl sites for hydroxylation is 1. The number of halogens is 3. The van der Waals surface area contributed by atoms with E-state index in [0.29, 0.717) is 11.3 Å². The SMILES string of the molecule is CON=C(C(=O)NC1C(=O)N2C(C(=O)O)=C(C=Cc3scnc3C)CS[C@H]12)c1csc(N)n1.O=C(O)C(F)(F)F. The second-order valence-corrected chi connectivity index (χ2v) is 10.6. The predicted molar refractivity (Wildman–Crippen MR) is 139 cm³/mol. The van der Waals surface area contributed by atoms with Gasteiger partial charge in [0.1, 0.15) is 29.9 Å². The van der Waals surface area contributed by atoms with E-state index in [2.05, 4.69) is 20.4 Å². The van der Waals surface area contributed by atoms with Crippen molar-refractivity contribution in [3.05, 3.63) is 44.5 Å². The van der Waals surface area contributed by atoms with Crippen LogP contribution in [0.3, 0.4) is 0 Å². The minimum absolute atomic E-state index is 0.0919. The van der Waals surface area contributed by atoms with Crippen molar-refractivity contribution < 1.29 is 47.4 Å². The molecule has 1 unspecified atom stereocenters. The normalized spacial score (nSPS) is 19.0. The fraction of sp³-hybridized carbons (Fsp3) is 0.286. The van der Waals surface area contributed by atoms with E-state index in [9.17, 15) is 32.7 Å². The molecular weight excluding hydrogens is 601 g/mol. The van der Waals surface area contributed by atoms with Gasteiger partial charge in [-0.2, -0.15) is 13.2 Å². The Morgan fingerprint density at radius 1 is 1.27 bits per heavy atom. The molecule has 0 saturated carbocycles. The van der Waals surface area contributed by atoms with Gasteiger partial charge in [-0.15, -0.1) is 34.4 Å². The molecule has 4 rings (SSSR count). The fourth-order valence-corrected chi connectivity index (χ4v) is 5.88. The van der Waals surface area contributed by atoms with Gasteiger partial charge in [0, 0.05) is 16.0 Å². The first-order chi connectivity index (χ1) is 18.8. The number of aromatic nitrogens is 2. The van der Waals surface area contributed by atoms with Gasteiger partial charge in [-0.05, 0) is 18.6 Å². The van der Waals surface area contributed by atoms with Crippen LogP contribution in [-0.4, -0.2) is 85.0 Å². The summed E-state index contributed by atoms with van der Waals surface area (Å²) in [7, 11) is 1.28. The monoisotopic (exact) mass is 620 g/mol. The molecule has 0 bridgehead atoms. The number of alkyl halides is 3. The average molecular weight is 621 g/mol. The maximum absolute atomic E-state index is 12.9. The molecule has 1 saturated heterocycles. The van der Waals surface area contributed by atoms with Crippen LogP contribution in [0.2, 0.25) is 0 Å². The van der Waals surface area contributed by atoms with E-state index >= 15 is 0 Å². The average Bonchev–Trinajstić information content (AvgIpc) is 3.50. The molecule has 19 heteroatoms. The van der Waals surface area contributed by atoms with Gasteiger partial charge in [0.05, 0.1) is 11.2 Å². The molecule has 214 valence electrons. The maximum atomic E-state index is 12.9. The van der Waals surface area contributed by atoms with Crippen LogP contribution in [0.4, 0.5) is 18.3 Å². The number of hydrogen-bond donors (Lipinski definition) is 4. The van der Waals surface area contributed by atoms with E-state index in [1.807, 2.05) is 6.92 Å². The van der Waals surface area contributed by atoms with Crippen LogP contribution in [0.5, 0.6) is 0 Å². The van der Waals surface area contributed by atoms with E-state index in [1.165, 1.54) is 35.1 Å². The molecule has 2 aliphatic heterocycles. The third-order valence-corrected chi connectivity index (χ3v) is 7.98. The number of nitrogens with zero attached hydrogens (tertiary/aromatic N) is 4. The number of rotatable bonds is 7. The topological polar surface area (TPSA) is 197 Å². The van der Waals surface area contributed by atoms with E-state index in [-0.39, 0.29) is 22.2 Å². The smallest absolute Gasteiger partial charge is 0.477 e. The number of carboxylic acids is 2. The summed E-state index contributed by atoms with van der Waals surface area (Å²) in [6.45, 7) is 1.86. The van der Waals surface area contributed by atoms with E-state index in [4.69, 9.17) is 20.5 Å². The summed E-state index contributed by atoms with van der Waals surface area (Å²) < 4.78 is 31.7. The van der Waals surface area contributed by atoms with E-state index in [1.54, 1.807) is 23.0 Å². The van der Waals surface area contributed by atoms with E-state index in [0.717, 1.165) is 21.9 Å². The molecule has 0 spiro atoms. The zero-order valence-corrected chi connectivity index (χ0v) is 22.8. The van der Waals surface area contributed by atoms with Gasteiger partial charge < -0.3 is 26.1 Å². The Morgan fingerprint density at radius 3 is 2.45 bits per heavy atom. The number of β-lactam (4-membered cyclic amide) rings is 1. The number of aliphatic carboxylic acids is 2. The first kappa shape index (κ1) is 30.6. The first-order valence-electron chi connectivity index (χ1n) is 10.7. The number of carbonyl (C=O) groups excluding carboxylic acids is 2. The van der Waals surface area contributed by atoms with Crippen LogP contribution >= 0.6 is 34.4 Å². The molecule has 0 aromatic carbocycles. The van der Waals surface area contributed by atoms with Crippen molar-refractivity contribution in [2.45, 2.75) is 24.5 Å². The number of thiazole rings is 2. The van der Waals surface area contributed by atoms with Crippen LogP contribution in [0.25, 0.3) is 6.08 Å². The van der Waals surface area contributed by atoms with Crippen molar-refractivity contribution in [1.82, 2.24) is 20.2 Å². The highest BCUT2D eigenvalue weighted by Crippen LogP contribution is 2.41. The first-order valence-corrected chi connectivity index (χ1v) is 13.5. The van der Waals surface area contributed by atoms with Crippen molar-refractivity contribution in [3.8, 4) is 0 Å². The van der Waals surface area contributed by atoms with Crippen LogP contribution in [-0.2, 0) is 24.0 Å². The number of hydrogen-bond acceptors (Lipinski definition) is 12. The van der Waals surface area contributed by atoms with Gasteiger partial charge in [0.25, 0.3) is 11.8 Å². The molecule has 1 fully saturated rings. The molecule has 5 N–H and O–H groups in total. The zero-order valence-electron chi connectivity index (χ0n) is 20.3. The largest absolute Gasteiger partial charge is 0.490 e. The standard InChI is InChI=1S/C19H18N6O5S3.C2HF3O2/c1-8-11(33-7-21-8)4-3-9-5-31-17-13(16(27)25(17)14(9)18(28)29)23-15(26)12(24-30-2)10-6-32-19(20)22-10;3-2(4,5)1(6)7/h3-4,6-7,13,17H,5H2,1-2H3,(H2,20,22)(H,23,26)(H,28,29);(H,6,7)/t13?,17-;/m1./s1. The maximum Gasteiger partial charge on any atom is 0.490 e. The highest BCUT2D eigenvalue weighted by molar-refractivity contribution is 8.00. The number of nitrogens with two attached hydrogens (primary N) is 1. The fourth-order valence-electron chi connectivity index (χ4n) is 3.32. The third-order valence-electron chi connectivity index (χ3n) is 5.11. The molecule has 2 aromatic heterocycles. The van der Waals surface area contributed by atoms with Gasteiger partial charge in [0.2, 0.25) is 0 Å². The number of oxime groups is 1. The number of thioether (sulfide) groups is 1. The lowest BCUT2D eigenvalue weighted by molar-refractivity contribution is -0.192. The lowest BCUT2D eigenvalue weighted by Crippen LogP contribution is -2.71. The number of amides is 2. The molecule has 4 heterocycles. The summed E-state index contributed by atoms with van der Waals surface area (Å²) in [6, 6.07) is -0.913. The van der Waals surface area contributed by atoms with E-state index < -0.39 is 41.3 Å².